The summed E-state index contributed by atoms with van der Waals surface area (Å²) in [6.45, 7) is 23.7. The summed E-state index contributed by atoms with van der Waals surface area (Å²) >= 11 is 0. The molecule has 0 radical (unpaired) electrons. The van der Waals surface area contributed by atoms with Gasteiger partial charge in [-0.15, -0.1) is 0 Å². The zero-order valence-electron chi connectivity index (χ0n) is 29.0. The Morgan fingerprint density at radius 2 is 1.76 bits per heavy atom. The molecule has 0 spiro atoms. The van der Waals surface area contributed by atoms with Gasteiger partial charge < -0.3 is 14.3 Å². The van der Waals surface area contributed by atoms with Crippen molar-refractivity contribution < 1.29 is 18.8 Å². The Kier molecular flexibility index (Phi) is 7.46. The smallest absolute Gasteiger partial charge is 0.236 e. The lowest BCUT2D eigenvalue weighted by Gasteiger charge is -2.47. The average molecular weight is 622 g/mol. The van der Waals surface area contributed by atoms with Gasteiger partial charge in [-0.25, -0.2) is 4.98 Å². The number of ether oxygens (including phenoxy) is 1. The third-order valence-electron chi connectivity index (χ3n) is 10.3. The highest BCUT2D eigenvalue weighted by Gasteiger charge is 2.60. The fourth-order valence-corrected chi connectivity index (χ4v) is 9.56. The molecule has 0 saturated heterocycles. The first-order valence-corrected chi connectivity index (χ1v) is 19.7. The number of furan rings is 1. The lowest BCUT2D eigenvalue weighted by Crippen LogP contribution is -2.69. The highest BCUT2D eigenvalue weighted by molar-refractivity contribution is 6.90. The molecule has 236 valence electrons. The summed E-state index contributed by atoms with van der Waals surface area (Å²) in [5, 5.41) is 15.6. The first-order valence-electron chi connectivity index (χ1n) is 16.2. The molecule has 3 aromatic heterocycles. The minimum absolute atomic E-state index is 0.0557. The van der Waals surface area contributed by atoms with Crippen LogP contribution in [0.25, 0.3) is 44.0 Å². The highest BCUT2D eigenvalue weighted by Crippen LogP contribution is 2.54. The van der Waals surface area contributed by atoms with Crippen molar-refractivity contribution >= 4 is 46.0 Å². The number of hydrogen-bond acceptors (Lipinski definition) is 4. The molecule has 0 bridgehead atoms. The molecule has 6 heteroatoms. The van der Waals surface area contributed by atoms with Crippen molar-refractivity contribution in [3.8, 4) is 11.3 Å². The van der Waals surface area contributed by atoms with Crippen molar-refractivity contribution in [2.45, 2.75) is 85.5 Å². The number of benzene rings is 2. The van der Waals surface area contributed by atoms with Crippen LogP contribution in [0.4, 0.5) is 0 Å². The summed E-state index contributed by atoms with van der Waals surface area (Å²) in [5.74, 6) is 1.01. The normalized spacial score (nSPS) is 18.5. The quantitative estimate of drug-likeness (QED) is 0.118. The van der Waals surface area contributed by atoms with E-state index in [-0.39, 0.29) is 12.0 Å². The van der Waals surface area contributed by atoms with E-state index in [1.807, 2.05) is 18.3 Å². The fourth-order valence-electron chi connectivity index (χ4n) is 7.95. The van der Waals surface area contributed by atoms with Crippen LogP contribution in [0.3, 0.4) is 0 Å². The number of aryl methyl sites for hydroxylation is 1. The number of methoxy groups -OCH3 is 1. The van der Waals surface area contributed by atoms with Gasteiger partial charge in [-0.2, -0.15) is 4.57 Å². The lowest BCUT2D eigenvalue weighted by atomic mass is 9.60. The van der Waals surface area contributed by atoms with Crippen molar-refractivity contribution in [3.63, 3.8) is 0 Å². The number of aliphatic hydroxyl groups excluding tert-OH is 1. The zero-order valence-corrected chi connectivity index (χ0v) is 30.0. The molecule has 1 atom stereocenters. The number of aromatic nitrogens is 2. The molecular formula is C39H49N2O3Si+. The minimum atomic E-state index is -1.78. The van der Waals surface area contributed by atoms with Gasteiger partial charge >= 0.3 is 0 Å². The van der Waals surface area contributed by atoms with Crippen molar-refractivity contribution in [1.82, 2.24) is 4.98 Å². The van der Waals surface area contributed by atoms with Crippen LogP contribution in [0.2, 0.25) is 19.6 Å². The van der Waals surface area contributed by atoms with Gasteiger partial charge in [0.05, 0.1) is 37.7 Å². The Hall–Kier alpha value is -3.32. The number of fused-ring (bicyclic) bond motifs is 10. The van der Waals surface area contributed by atoms with E-state index in [2.05, 4.69) is 109 Å². The minimum Gasteiger partial charge on any atom is -0.458 e. The van der Waals surface area contributed by atoms with Gasteiger partial charge in [-0.1, -0.05) is 75.9 Å². The fraction of sp³-hybridized carbons (Fsp3) is 0.436. The van der Waals surface area contributed by atoms with Crippen LogP contribution in [0, 0.1) is 12.3 Å². The van der Waals surface area contributed by atoms with Gasteiger partial charge in [0.25, 0.3) is 0 Å². The maximum absolute atomic E-state index is 10.4. The highest BCUT2D eigenvalue weighted by atomic mass is 28.3. The number of nitrogens with zero attached hydrogens (tertiary/aromatic N) is 2. The first-order chi connectivity index (χ1) is 21.1. The van der Waals surface area contributed by atoms with E-state index < -0.39 is 19.0 Å². The third-order valence-corrected chi connectivity index (χ3v) is 12.3. The number of hydrogen-bond donors (Lipinski definition) is 1. The molecule has 1 N–H and O–H groups in total. The zero-order chi connectivity index (χ0) is 32.7. The van der Waals surface area contributed by atoms with E-state index in [0.717, 1.165) is 45.5 Å². The molecule has 4 heterocycles. The second-order valence-corrected chi connectivity index (χ2v) is 20.9. The second-order valence-electron chi connectivity index (χ2n) is 15.8. The molecule has 0 saturated carbocycles. The SMILES string of the molecule is COC/C(=C\CO)C1(C)[n+]2c(c3c(C)c(CC(C)(C)C)oc3c3ncccc32)-c2cc([Si](C)(C)C)c3ccccc3c2C1(C)C. The molecule has 0 fully saturated rings. The Labute approximate surface area is 269 Å². The molecule has 1 unspecified atom stereocenters. The van der Waals surface area contributed by atoms with Crippen molar-refractivity contribution in [2.24, 2.45) is 5.41 Å². The Morgan fingerprint density at radius 3 is 2.38 bits per heavy atom. The van der Waals surface area contributed by atoms with E-state index in [0.29, 0.717) is 6.61 Å². The van der Waals surface area contributed by atoms with E-state index in [4.69, 9.17) is 14.1 Å². The molecule has 5 nitrogen and oxygen atoms in total. The van der Waals surface area contributed by atoms with Crippen LogP contribution in [-0.2, 0) is 22.1 Å². The average Bonchev–Trinajstić information content (AvgIpc) is 3.28. The molecular weight excluding hydrogens is 573 g/mol. The van der Waals surface area contributed by atoms with E-state index in [1.165, 1.54) is 32.6 Å². The number of aliphatic hydroxyl groups is 1. The second kappa shape index (κ2) is 10.6. The standard InChI is InChI=1S/C39H49N2O3Si/c1-24-30(22-37(2,3)4)44-36-32(24)35-28-21-31(45(9,10)11)26-15-12-13-16-27(26)33(28)38(5,6)39(7,25(18-20-42)23-43-8)41(35)29-17-14-19-40-34(29)36/h12-19,21,42H,20,22-23H2,1-11H3/q+1/b25-18+. The summed E-state index contributed by atoms with van der Waals surface area (Å²) in [5.41, 5.74) is 7.69. The van der Waals surface area contributed by atoms with Crippen LogP contribution in [-0.4, -0.2) is 38.5 Å². The van der Waals surface area contributed by atoms with Gasteiger partial charge in [0.1, 0.15) is 5.76 Å². The Balaban J connectivity index is 1.95. The number of rotatable bonds is 6. The van der Waals surface area contributed by atoms with Crippen LogP contribution < -0.4 is 9.75 Å². The van der Waals surface area contributed by atoms with Crippen molar-refractivity contribution in [3.05, 3.63) is 77.2 Å². The first kappa shape index (κ1) is 31.7. The molecule has 45 heavy (non-hydrogen) atoms. The maximum Gasteiger partial charge on any atom is 0.236 e. The Bertz CT molecular complexity index is 2010. The number of pyridine rings is 2. The van der Waals surface area contributed by atoms with Crippen molar-refractivity contribution in [1.29, 1.82) is 0 Å². The van der Waals surface area contributed by atoms with Crippen LogP contribution >= 0.6 is 0 Å². The van der Waals surface area contributed by atoms with Crippen molar-refractivity contribution in [2.75, 3.05) is 20.3 Å². The Morgan fingerprint density at radius 1 is 1.07 bits per heavy atom. The molecule has 0 aliphatic carbocycles. The van der Waals surface area contributed by atoms with E-state index >= 15 is 0 Å². The molecule has 1 aliphatic heterocycles. The maximum atomic E-state index is 10.4. The molecule has 6 rings (SSSR count). The van der Waals surface area contributed by atoms with Gasteiger partial charge in [0.15, 0.2) is 16.6 Å². The van der Waals surface area contributed by atoms with E-state index in [9.17, 15) is 5.11 Å². The van der Waals surface area contributed by atoms with Gasteiger partial charge in [-0.3, -0.25) is 0 Å². The summed E-state index contributed by atoms with van der Waals surface area (Å²) in [6, 6.07) is 15.7. The summed E-state index contributed by atoms with van der Waals surface area (Å²) < 4.78 is 15.3. The summed E-state index contributed by atoms with van der Waals surface area (Å²) in [6.07, 6.45) is 4.64. The summed E-state index contributed by atoms with van der Waals surface area (Å²) in [7, 11) is -0.0407. The summed E-state index contributed by atoms with van der Waals surface area (Å²) in [4.78, 5) is 4.99. The van der Waals surface area contributed by atoms with Crippen LogP contribution in [0.15, 0.2) is 64.7 Å². The molecule has 1 aliphatic rings. The topological polar surface area (TPSA) is 59.4 Å². The molecule has 2 aromatic carbocycles. The van der Waals surface area contributed by atoms with Gasteiger partial charge in [0, 0.05) is 43.9 Å². The lowest BCUT2D eigenvalue weighted by molar-refractivity contribution is -0.730. The van der Waals surface area contributed by atoms with Gasteiger partial charge in [0.2, 0.25) is 11.2 Å². The van der Waals surface area contributed by atoms with Crippen LogP contribution in [0.5, 0.6) is 0 Å². The predicted octanol–water partition coefficient (Wildman–Crippen LogP) is 8.10. The van der Waals surface area contributed by atoms with E-state index in [1.54, 1.807) is 7.11 Å². The van der Waals surface area contributed by atoms with Crippen LogP contribution in [0.1, 0.15) is 58.4 Å². The third kappa shape index (κ3) is 4.63. The predicted molar refractivity (Wildman–Crippen MR) is 189 cm³/mol. The van der Waals surface area contributed by atoms with Gasteiger partial charge in [-0.05, 0) is 54.7 Å². The molecule has 5 aromatic rings. The monoisotopic (exact) mass is 621 g/mol. The molecule has 0 amide bonds. The largest absolute Gasteiger partial charge is 0.458 e.